The summed E-state index contributed by atoms with van der Waals surface area (Å²) in [6.07, 6.45) is 0. The zero-order valence-corrected chi connectivity index (χ0v) is 15.8. The van der Waals surface area contributed by atoms with Crippen molar-refractivity contribution in [2.45, 2.75) is 27.3 Å². The maximum Gasteiger partial charge on any atom is 0.338 e. The first-order valence-corrected chi connectivity index (χ1v) is 8.63. The van der Waals surface area contributed by atoms with Gasteiger partial charge in [0.2, 0.25) is 0 Å². The minimum Gasteiger partial charge on any atom is -0.465 e. The van der Waals surface area contributed by atoms with Crippen molar-refractivity contribution in [2.24, 2.45) is 0 Å². The summed E-state index contributed by atoms with van der Waals surface area (Å²) in [7, 11) is 1.33. The third-order valence-corrected chi connectivity index (χ3v) is 4.21. The Labute approximate surface area is 156 Å². The number of pyridine rings is 1. The molecular weight excluding hydrogens is 346 g/mol. The topological polar surface area (TPSA) is 83.3 Å². The average Bonchev–Trinajstić information content (AvgIpc) is 2.96. The molecule has 0 fully saturated rings. The number of rotatable bonds is 5. The molecule has 0 aliphatic carbocycles. The number of aromatic nitrogens is 3. The molecule has 0 spiro atoms. The van der Waals surface area contributed by atoms with Crippen LogP contribution < -0.4 is 0 Å². The van der Waals surface area contributed by atoms with Gasteiger partial charge in [-0.05, 0) is 26.8 Å². The lowest BCUT2D eigenvalue weighted by Crippen LogP contribution is -2.15. The highest BCUT2D eigenvalue weighted by Crippen LogP contribution is 2.28. The lowest BCUT2D eigenvalue weighted by molar-refractivity contribution is -0.143. The van der Waals surface area contributed by atoms with Crippen LogP contribution in [0.15, 0.2) is 30.3 Å². The Morgan fingerprint density at radius 3 is 2.48 bits per heavy atom. The van der Waals surface area contributed by atoms with Crippen LogP contribution in [-0.4, -0.2) is 40.4 Å². The van der Waals surface area contributed by atoms with E-state index in [1.807, 2.05) is 31.2 Å². The van der Waals surface area contributed by atoms with Crippen molar-refractivity contribution in [3.05, 3.63) is 47.2 Å². The summed E-state index contributed by atoms with van der Waals surface area (Å²) < 4.78 is 11.4. The van der Waals surface area contributed by atoms with Gasteiger partial charge >= 0.3 is 11.9 Å². The molecule has 1 aromatic carbocycles. The average molecular weight is 367 g/mol. The number of aryl methyl sites for hydroxylation is 2. The monoisotopic (exact) mass is 367 g/mol. The summed E-state index contributed by atoms with van der Waals surface area (Å²) >= 11 is 0. The Balaban J connectivity index is 2.22. The van der Waals surface area contributed by atoms with Gasteiger partial charge in [0.25, 0.3) is 0 Å². The molecule has 2 aromatic heterocycles. The number of carbonyl (C=O) groups is 2. The van der Waals surface area contributed by atoms with Crippen molar-refractivity contribution in [3.63, 3.8) is 0 Å². The standard InChI is InChI=1S/C20H21N3O4/c1-5-27-17(24)11-23-19-18(13(3)22-23)15(20(25)26-4)10-16(21-19)14-8-6-12(2)7-9-14/h6-10H,5,11H2,1-4H3. The van der Waals surface area contributed by atoms with Crippen LogP contribution in [0.5, 0.6) is 0 Å². The second-order valence-electron chi connectivity index (χ2n) is 6.16. The predicted octanol–water partition coefficient (Wildman–Crippen LogP) is 3.06. The fourth-order valence-corrected chi connectivity index (χ4v) is 2.94. The first kappa shape index (κ1) is 18.6. The number of nitrogens with zero attached hydrogens (tertiary/aromatic N) is 3. The van der Waals surface area contributed by atoms with E-state index in [0.717, 1.165) is 11.1 Å². The van der Waals surface area contributed by atoms with Crippen molar-refractivity contribution in [2.75, 3.05) is 13.7 Å². The van der Waals surface area contributed by atoms with E-state index in [2.05, 4.69) is 10.1 Å². The van der Waals surface area contributed by atoms with Gasteiger partial charge in [0.15, 0.2) is 5.65 Å². The van der Waals surface area contributed by atoms with Gasteiger partial charge in [-0.25, -0.2) is 14.5 Å². The molecule has 0 unspecified atom stereocenters. The maximum atomic E-state index is 12.4. The molecule has 7 heteroatoms. The smallest absolute Gasteiger partial charge is 0.338 e. The normalized spacial score (nSPS) is 10.8. The Bertz CT molecular complexity index is 1010. The molecule has 0 N–H and O–H groups in total. The number of carbonyl (C=O) groups excluding carboxylic acids is 2. The van der Waals surface area contributed by atoms with E-state index in [0.29, 0.717) is 28.0 Å². The van der Waals surface area contributed by atoms with E-state index in [1.165, 1.54) is 11.8 Å². The Morgan fingerprint density at radius 1 is 1.15 bits per heavy atom. The van der Waals surface area contributed by atoms with Crippen LogP contribution in [0.2, 0.25) is 0 Å². The zero-order valence-electron chi connectivity index (χ0n) is 15.8. The summed E-state index contributed by atoms with van der Waals surface area (Å²) in [6, 6.07) is 9.51. The van der Waals surface area contributed by atoms with E-state index in [4.69, 9.17) is 9.47 Å². The van der Waals surface area contributed by atoms with E-state index in [-0.39, 0.29) is 13.2 Å². The third-order valence-electron chi connectivity index (χ3n) is 4.21. The summed E-state index contributed by atoms with van der Waals surface area (Å²) in [6.45, 7) is 5.71. The zero-order chi connectivity index (χ0) is 19.6. The highest BCUT2D eigenvalue weighted by molar-refractivity contribution is 6.05. The van der Waals surface area contributed by atoms with Crippen LogP contribution in [0.4, 0.5) is 0 Å². The van der Waals surface area contributed by atoms with E-state index >= 15 is 0 Å². The largest absolute Gasteiger partial charge is 0.465 e. The molecule has 3 rings (SSSR count). The molecule has 0 saturated heterocycles. The lowest BCUT2D eigenvalue weighted by Gasteiger charge is -2.08. The molecule has 7 nitrogen and oxygen atoms in total. The van der Waals surface area contributed by atoms with Crippen molar-refractivity contribution in [1.82, 2.24) is 14.8 Å². The van der Waals surface area contributed by atoms with Gasteiger partial charge in [-0.3, -0.25) is 4.79 Å². The predicted molar refractivity (Wildman–Crippen MR) is 100 cm³/mol. The van der Waals surface area contributed by atoms with Crippen LogP contribution in [-0.2, 0) is 20.8 Å². The van der Waals surface area contributed by atoms with Crippen molar-refractivity contribution in [1.29, 1.82) is 0 Å². The van der Waals surface area contributed by atoms with Crippen molar-refractivity contribution in [3.8, 4) is 11.3 Å². The second kappa shape index (κ2) is 7.57. The van der Waals surface area contributed by atoms with Gasteiger partial charge in [0.1, 0.15) is 6.54 Å². The van der Waals surface area contributed by atoms with Crippen LogP contribution >= 0.6 is 0 Å². The number of benzene rings is 1. The van der Waals surface area contributed by atoms with Crippen molar-refractivity contribution >= 4 is 23.0 Å². The van der Waals surface area contributed by atoms with Crippen LogP contribution in [0, 0.1) is 13.8 Å². The molecule has 0 atom stereocenters. The van der Waals surface area contributed by atoms with E-state index in [9.17, 15) is 9.59 Å². The minimum atomic E-state index is -0.477. The first-order chi connectivity index (χ1) is 12.9. The summed E-state index contributed by atoms with van der Waals surface area (Å²) in [5.41, 5.74) is 3.99. The minimum absolute atomic E-state index is 0.0802. The number of hydrogen-bond acceptors (Lipinski definition) is 6. The van der Waals surface area contributed by atoms with Gasteiger partial charge < -0.3 is 9.47 Å². The molecule has 27 heavy (non-hydrogen) atoms. The number of ether oxygens (including phenoxy) is 2. The molecule has 0 aliphatic heterocycles. The summed E-state index contributed by atoms with van der Waals surface area (Å²) in [4.78, 5) is 29.0. The summed E-state index contributed by atoms with van der Waals surface area (Å²) in [5, 5.41) is 4.96. The quantitative estimate of drug-likeness (QED) is 0.645. The number of esters is 2. The highest BCUT2D eigenvalue weighted by atomic mass is 16.5. The molecule has 0 bridgehead atoms. The summed E-state index contributed by atoms with van der Waals surface area (Å²) in [5.74, 6) is -0.890. The molecule has 140 valence electrons. The SMILES string of the molecule is CCOC(=O)Cn1nc(C)c2c(C(=O)OC)cc(-c3ccc(C)cc3)nc21. The first-order valence-electron chi connectivity index (χ1n) is 8.63. The Hall–Kier alpha value is -3.22. The lowest BCUT2D eigenvalue weighted by atomic mass is 10.0. The molecule has 0 aliphatic rings. The fraction of sp³-hybridized carbons (Fsp3) is 0.300. The maximum absolute atomic E-state index is 12.4. The van der Waals surface area contributed by atoms with Gasteiger partial charge in [0, 0.05) is 5.56 Å². The molecular formula is C20H21N3O4. The fourth-order valence-electron chi connectivity index (χ4n) is 2.94. The van der Waals surface area contributed by atoms with Crippen LogP contribution in [0.25, 0.3) is 22.3 Å². The number of hydrogen-bond donors (Lipinski definition) is 0. The Morgan fingerprint density at radius 2 is 1.85 bits per heavy atom. The van der Waals surface area contributed by atoms with Gasteiger partial charge in [-0.1, -0.05) is 29.8 Å². The van der Waals surface area contributed by atoms with Gasteiger partial charge in [-0.15, -0.1) is 0 Å². The molecule has 2 heterocycles. The van der Waals surface area contributed by atoms with Gasteiger partial charge in [0.05, 0.1) is 36.1 Å². The van der Waals surface area contributed by atoms with Crippen molar-refractivity contribution < 1.29 is 19.1 Å². The molecule has 0 radical (unpaired) electrons. The molecule has 0 amide bonds. The highest BCUT2D eigenvalue weighted by Gasteiger charge is 2.21. The van der Waals surface area contributed by atoms with E-state index in [1.54, 1.807) is 19.9 Å². The van der Waals surface area contributed by atoms with Crippen LogP contribution in [0.1, 0.15) is 28.5 Å². The Kier molecular flexibility index (Phi) is 5.21. The number of fused-ring (bicyclic) bond motifs is 1. The molecule has 3 aromatic rings. The van der Waals surface area contributed by atoms with E-state index < -0.39 is 11.9 Å². The van der Waals surface area contributed by atoms with Crippen LogP contribution in [0.3, 0.4) is 0 Å². The second-order valence-corrected chi connectivity index (χ2v) is 6.16. The van der Waals surface area contributed by atoms with Gasteiger partial charge in [-0.2, -0.15) is 5.10 Å². The molecule has 0 saturated carbocycles. The number of methoxy groups -OCH3 is 1. The third kappa shape index (κ3) is 3.67.